The Balaban J connectivity index is 1.67. The lowest BCUT2D eigenvalue weighted by atomic mass is 10.0. The van der Waals surface area contributed by atoms with Crippen LogP contribution in [0.5, 0.6) is 11.5 Å². The lowest BCUT2D eigenvalue weighted by Crippen LogP contribution is -2.30. The van der Waals surface area contributed by atoms with E-state index in [2.05, 4.69) is 0 Å². The number of amides is 1. The highest BCUT2D eigenvalue weighted by Crippen LogP contribution is 2.37. The van der Waals surface area contributed by atoms with Crippen LogP contribution in [-0.4, -0.2) is 37.4 Å². The maximum atomic E-state index is 12.8. The molecule has 0 spiro atoms. The van der Waals surface area contributed by atoms with Crippen molar-refractivity contribution in [2.24, 2.45) is 0 Å². The average Bonchev–Trinajstić information content (AvgIpc) is 3.21. The Kier molecular flexibility index (Phi) is 6.12. The number of carbonyl (C=O) groups is 2. The highest BCUT2D eigenvalue weighted by molar-refractivity contribution is 5.97. The molecular formula is C22H25NO4. The first-order valence-electron chi connectivity index (χ1n) is 9.23. The first-order chi connectivity index (χ1) is 13.1. The van der Waals surface area contributed by atoms with Crippen molar-refractivity contribution in [1.82, 2.24) is 4.90 Å². The monoisotopic (exact) mass is 367 g/mol. The standard InChI is InChI=1S/C22H25NO4/c1-26-20-12-10-17(15-21(20)27-2)18-9-6-14-23(18)22(25)13-11-19(24)16-7-4-3-5-8-16/h3-5,7-8,10,12,15,18H,6,9,11,13-14H2,1-2H3/t18-/m0/s1. The second-order valence-electron chi connectivity index (χ2n) is 6.65. The summed E-state index contributed by atoms with van der Waals surface area (Å²) in [5, 5.41) is 0. The summed E-state index contributed by atoms with van der Waals surface area (Å²) in [6.07, 6.45) is 2.33. The Labute approximate surface area is 159 Å². The minimum absolute atomic E-state index is 0.00538. The maximum absolute atomic E-state index is 12.8. The van der Waals surface area contributed by atoms with Crippen molar-refractivity contribution in [3.05, 3.63) is 59.7 Å². The van der Waals surface area contributed by atoms with E-state index in [4.69, 9.17) is 9.47 Å². The molecule has 5 heteroatoms. The van der Waals surface area contributed by atoms with Gasteiger partial charge in [0.15, 0.2) is 17.3 Å². The molecule has 27 heavy (non-hydrogen) atoms. The Morgan fingerprint density at radius 1 is 1.00 bits per heavy atom. The number of nitrogens with zero attached hydrogens (tertiary/aromatic N) is 1. The van der Waals surface area contributed by atoms with Crippen molar-refractivity contribution < 1.29 is 19.1 Å². The third-order valence-corrected chi connectivity index (χ3v) is 5.03. The number of methoxy groups -OCH3 is 2. The molecule has 142 valence electrons. The first-order valence-corrected chi connectivity index (χ1v) is 9.23. The van der Waals surface area contributed by atoms with E-state index < -0.39 is 0 Å². The van der Waals surface area contributed by atoms with E-state index in [9.17, 15) is 9.59 Å². The van der Waals surface area contributed by atoms with Crippen LogP contribution in [0.15, 0.2) is 48.5 Å². The second kappa shape index (κ2) is 8.71. The largest absolute Gasteiger partial charge is 0.493 e. The molecule has 0 aromatic heterocycles. The lowest BCUT2D eigenvalue weighted by Gasteiger charge is -2.25. The van der Waals surface area contributed by atoms with Crippen molar-refractivity contribution in [2.45, 2.75) is 31.7 Å². The van der Waals surface area contributed by atoms with Gasteiger partial charge < -0.3 is 14.4 Å². The van der Waals surface area contributed by atoms with E-state index in [-0.39, 0.29) is 30.6 Å². The quantitative estimate of drug-likeness (QED) is 0.693. The van der Waals surface area contributed by atoms with E-state index in [1.54, 1.807) is 26.4 Å². The Morgan fingerprint density at radius 2 is 1.74 bits per heavy atom. The van der Waals surface area contributed by atoms with Crippen molar-refractivity contribution >= 4 is 11.7 Å². The zero-order chi connectivity index (χ0) is 19.2. The zero-order valence-electron chi connectivity index (χ0n) is 15.8. The average molecular weight is 367 g/mol. The van der Waals surface area contributed by atoms with Gasteiger partial charge in [-0.1, -0.05) is 36.4 Å². The number of Topliss-reactive ketones (excluding diaryl/α,β-unsaturated/α-hetero) is 1. The predicted octanol–water partition coefficient (Wildman–Crippen LogP) is 4.03. The molecule has 1 atom stereocenters. The molecular weight excluding hydrogens is 342 g/mol. The van der Waals surface area contributed by atoms with Crippen LogP contribution < -0.4 is 9.47 Å². The Morgan fingerprint density at radius 3 is 2.44 bits per heavy atom. The fourth-order valence-electron chi connectivity index (χ4n) is 3.60. The number of ether oxygens (including phenoxy) is 2. The van der Waals surface area contributed by atoms with Crippen LogP contribution >= 0.6 is 0 Å². The van der Waals surface area contributed by atoms with Crippen LogP contribution in [0.2, 0.25) is 0 Å². The first kappa shape index (κ1) is 19.0. The highest BCUT2D eigenvalue weighted by atomic mass is 16.5. The molecule has 0 aliphatic carbocycles. The van der Waals surface area contributed by atoms with Crippen LogP contribution in [0.25, 0.3) is 0 Å². The molecule has 3 rings (SSSR count). The van der Waals surface area contributed by atoms with Gasteiger partial charge in [-0.25, -0.2) is 0 Å². The number of hydrogen-bond donors (Lipinski definition) is 0. The number of hydrogen-bond acceptors (Lipinski definition) is 4. The number of ketones is 1. The molecule has 1 saturated heterocycles. The third kappa shape index (κ3) is 4.30. The molecule has 1 aliphatic rings. The van der Waals surface area contributed by atoms with Gasteiger partial charge in [-0.05, 0) is 30.5 Å². The van der Waals surface area contributed by atoms with Gasteiger partial charge in [0.2, 0.25) is 5.91 Å². The summed E-state index contributed by atoms with van der Waals surface area (Å²) < 4.78 is 10.7. The van der Waals surface area contributed by atoms with E-state index in [1.165, 1.54) is 0 Å². The summed E-state index contributed by atoms with van der Waals surface area (Å²) >= 11 is 0. The molecule has 0 bridgehead atoms. The lowest BCUT2D eigenvalue weighted by molar-refractivity contribution is -0.132. The summed E-state index contributed by atoms with van der Waals surface area (Å²) in [6, 6.07) is 14.9. The molecule has 5 nitrogen and oxygen atoms in total. The topological polar surface area (TPSA) is 55.8 Å². The summed E-state index contributed by atoms with van der Waals surface area (Å²) in [5.74, 6) is 1.36. The minimum atomic E-state index is 0.00538. The van der Waals surface area contributed by atoms with Crippen molar-refractivity contribution in [1.29, 1.82) is 0 Å². The molecule has 0 radical (unpaired) electrons. The zero-order valence-corrected chi connectivity index (χ0v) is 15.8. The minimum Gasteiger partial charge on any atom is -0.493 e. The molecule has 0 unspecified atom stereocenters. The Hall–Kier alpha value is -2.82. The number of rotatable bonds is 7. The molecule has 1 fully saturated rings. The summed E-state index contributed by atoms with van der Waals surface area (Å²) in [6.45, 7) is 0.720. The van der Waals surface area contributed by atoms with Gasteiger partial charge in [0.05, 0.1) is 20.3 Å². The van der Waals surface area contributed by atoms with Crippen LogP contribution in [-0.2, 0) is 4.79 Å². The van der Waals surface area contributed by atoms with Crippen molar-refractivity contribution in [2.75, 3.05) is 20.8 Å². The number of benzene rings is 2. The van der Waals surface area contributed by atoms with Crippen LogP contribution in [0.3, 0.4) is 0 Å². The van der Waals surface area contributed by atoms with Gasteiger partial charge in [0, 0.05) is 24.9 Å². The summed E-state index contributed by atoms with van der Waals surface area (Å²) in [5.41, 5.74) is 1.69. The van der Waals surface area contributed by atoms with Gasteiger partial charge in [-0.3, -0.25) is 9.59 Å². The van der Waals surface area contributed by atoms with Crippen molar-refractivity contribution in [3.8, 4) is 11.5 Å². The normalized spacial score (nSPS) is 16.2. The predicted molar refractivity (Wildman–Crippen MR) is 103 cm³/mol. The van der Waals surface area contributed by atoms with E-state index in [1.807, 2.05) is 41.3 Å². The molecule has 0 saturated carbocycles. The smallest absolute Gasteiger partial charge is 0.223 e. The molecule has 1 amide bonds. The van der Waals surface area contributed by atoms with E-state index in [0.717, 1.165) is 24.9 Å². The van der Waals surface area contributed by atoms with Gasteiger partial charge in [-0.15, -0.1) is 0 Å². The van der Waals surface area contributed by atoms with Gasteiger partial charge in [0.1, 0.15) is 0 Å². The van der Waals surface area contributed by atoms with Crippen LogP contribution in [0, 0.1) is 0 Å². The molecule has 1 heterocycles. The highest BCUT2D eigenvalue weighted by Gasteiger charge is 2.30. The van der Waals surface area contributed by atoms with Gasteiger partial charge >= 0.3 is 0 Å². The fraction of sp³-hybridized carbons (Fsp3) is 0.364. The van der Waals surface area contributed by atoms with Crippen LogP contribution in [0.4, 0.5) is 0 Å². The fourth-order valence-corrected chi connectivity index (χ4v) is 3.60. The summed E-state index contributed by atoms with van der Waals surface area (Å²) in [4.78, 5) is 26.9. The Bertz CT molecular complexity index is 803. The second-order valence-corrected chi connectivity index (χ2v) is 6.65. The molecule has 0 N–H and O–H groups in total. The van der Waals surface area contributed by atoms with Crippen LogP contribution in [0.1, 0.15) is 47.6 Å². The van der Waals surface area contributed by atoms with E-state index in [0.29, 0.717) is 17.1 Å². The van der Waals surface area contributed by atoms with Crippen molar-refractivity contribution in [3.63, 3.8) is 0 Å². The third-order valence-electron chi connectivity index (χ3n) is 5.03. The molecule has 2 aromatic carbocycles. The summed E-state index contributed by atoms with van der Waals surface area (Å²) in [7, 11) is 3.21. The maximum Gasteiger partial charge on any atom is 0.223 e. The molecule has 2 aromatic rings. The van der Waals surface area contributed by atoms with Gasteiger partial charge in [0.25, 0.3) is 0 Å². The number of likely N-dealkylation sites (tertiary alicyclic amines) is 1. The SMILES string of the molecule is COc1ccc([C@@H]2CCCN2C(=O)CCC(=O)c2ccccc2)cc1OC. The number of carbonyl (C=O) groups excluding carboxylic acids is 2. The van der Waals surface area contributed by atoms with Gasteiger partial charge in [-0.2, -0.15) is 0 Å². The van der Waals surface area contributed by atoms with E-state index >= 15 is 0 Å². The molecule has 1 aliphatic heterocycles.